The Morgan fingerprint density at radius 3 is 2.53 bits per heavy atom. The van der Waals surface area contributed by atoms with Crippen LogP contribution < -0.4 is 5.73 Å². The number of thiazole rings is 1. The van der Waals surface area contributed by atoms with Gasteiger partial charge in [0, 0.05) is 16.6 Å². The van der Waals surface area contributed by atoms with E-state index in [1.807, 2.05) is 19.2 Å². The third kappa shape index (κ3) is 2.61. The van der Waals surface area contributed by atoms with Crippen LogP contribution in [0.4, 0.5) is 5.82 Å². The molecular weight excluding hydrogens is 232 g/mol. The van der Waals surface area contributed by atoms with E-state index < -0.39 is 0 Å². The van der Waals surface area contributed by atoms with Gasteiger partial charge in [0.2, 0.25) is 0 Å². The highest BCUT2D eigenvalue weighted by Crippen LogP contribution is 2.16. The van der Waals surface area contributed by atoms with Crippen LogP contribution in [0.15, 0.2) is 5.38 Å². The van der Waals surface area contributed by atoms with Gasteiger partial charge in [-0.05, 0) is 20.3 Å². The molecule has 2 N–H and O–H groups in total. The van der Waals surface area contributed by atoms with Gasteiger partial charge in [-0.1, -0.05) is 6.92 Å². The minimum absolute atomic E-state index is 0.599. The fraction of sp³-hybridized carbons (Fsp3) is 0.417. The van der Waals surface area contributed by atoms with E-state index in [-0.39, 0.29) is 0 Å². The first-order chi connectivity index (χ1) is 8.10. The van der Waals surface area contributed by atoms with E-state index >= 15 is 0 Å². The van der Waals surface area contributed by atoms with Crippen LogP contribution in [-0.2, 0) is 12.8 Å². The van der Waals surface area contributed by atoms with Crippen LogP contribution in [0.1, 0.15) is 34.7 Å². The molecule has 0 radical (unpaired) electrons. The monoisotopic (exact) mass is 248 g/mol. The molecule has 4 nitrogen and oxygen atoms in total. The van der Waals surface area contributed by atoms with Crippen molar-refractivity contribution in [3.63, 3.8) is 0 Å². The lowest BCUT2D eigenvalue weighted by molar-refractivity contribution is 0.897. The zero-order chi connectivity index (χ0) is 12.4. The Morgan fingerprint density at radius 2 is 2.00 bits per heavy atom. The molecule has 0 spiro atoms. The summed E-state index contributed by atoms with van der Waals surface area (Å²) in [4.78, 5) is 13.2. The fourth-order valence-electron chi connectivity index (χ4n) is 1.85. The summed E-state index contributed by atoms with van der Waals surface area (Å²) < 4.78 is 0. The van der Waals surface area contributed by atoms with Crippen molar-refractivity contribution < 1.29 is 0 Å². The van der Waals surface area contributed by atoms with E-state index in [0.717, 1.165) is 34.2 Å². The summed E-state index contributed by atoms with van der Waals surface area (Å²) in [7, 11) is 0. The maximum absolute atomic E-state index is 5.92. The summed E-state index contributed by atoms with van der Waals surface area (Å²) >= 11 is 1.64. The van der Waals surface area contributed by atoms with Gasteiger partial charge in [-0.15, -0.1) is 11.3 Å². The molecule has 0 aliphatic carbocycles. The summed E-state index contributed by atoms with van der Waals surface area (Å²) in [5.41, 5.74) is 8.95. The van der Waals surface area contributed by atoms with Crippen molar-refractivity contribution in [3.8, 4) is 0 Å². The Morgan fingerprint density at radius 1 is 1.24 bits per heavy atom. The highest BCUT2D eigenvalue weighted by Gasteiger charge is 2.09. The lowest BCUT2D eigenvalue weighted by Gasteiger charge is -2.07. The number of aryl methyl sites for hydroxylation is 2. The zero-order valence-electron chi connectivity index (χ0n) is 10.3. The molecule has 0 aliphatic rings. The van der Waals surface area contributed by atoms with Crippen molar-refractivity contribution in [2.75, 3.05) is 5.73 Å². The maximum Gasteiger partial charge on any atom is 0.136 e. The van der Waals surface area contributed by atoms with Gasteiger partial charge in [0.25, 0.3) is 0 Å². The van der Waals surface area contributed by atoms with E-state index in [0.29, 0.717) is 12.2 Å². The smallest absolute Gasteiger partial charge is 0.136 e. The quantitative estimate of drug-likeness (QED) is 0.905. The molecule has 0 atom stereocenters. The molecule has 0 saturated carbocycles. The van der Waals surface area contributed by atoms with E-state index in [4.69, 9.17) is 5.73 Å². The Kier molecular flexibility index (Phi) is 3.38. The summed E-state index contributed by atoms with van der Waals surface area (Å²) in [5, 5.41) is 3.10. The SMILES string of the molecule is CCc1c(C)nc(Cc2csc(C)n2)nc1N. The molecule has 0 bridgehead atoms. The van der Waals surface area contributed by atoms with Crippen LogP contribution in [0.5, 0.6) is 0 Å². The summed E-state index contributed by atoms with van der Waals surface area (Å²) in [5.74, 6) is 1.35. The van der Waals surface area contributed by atoms with E-state index in [2.05, 4.69) is 21.9 Å². The molecule has 2 heterocycles. The second kappa shape index (κ2) is 4.79. The predicted octanol–water partition coefficient (Wildman–Crippen LogP) is 2.29. The minimum Gasteiger partial charge on any atom is -0.383 e. The zero-order valence-corrected chi connectivity index (χ0v) is 11.1. The Hall–Kier alpha value is -1.49. The third-order valence-corrected chi connectivity index (χ3v) is 3.47. The molecular formula is C12H16N4S. The largest absolute Gasteiger partial charge is 0.383 e. The molecule has 90 valence electrons. The average Bonchev–Trinajstić information content (AvgIpc) is 2.63. The van der Waals surface area contributed by atoms with Gasteiger partial charge in [0.15, 0.2) is 0 Å². The van der Waals surface area contributed by atoms with E-state index in [1.165, 1.54) is 0 Å². The lowest BCUT2D eigenvalue weighted by atomic mass is 10.1. The number of nitrogen functional groups attached to an aromatic ring is 1. The third-order valence-electron chi connectivity index (χ3n) is 2.65. The van der Waals surface area contributed by atoms with Crippen molar-refractivity contribution in [1.29, 1.82) is 0 Å². The van der Waals surface area contributed by atoms with Crippen molar-refractivity contribution in [1.82, 2.24) is 15.0 Å². The van der Waals surface area contributed by atoms with Gasteiger partial charge in [0.1, 0.15) is 11.6 Å². The molecule has 17 heavy (non-hydrogen) atoms. The molecule has 0 fully saturated rings. The van der Waals surface area contributed by atoms with Crippen molar-refractivity contribution in [3.05, 3.63) is 33.2 Å². The molecule has 2 aromatic rings. The molecule has 5 heteroatoms. The molecule has 0 amide bonds. The molecule has 0 saturated heterocycles. The summed E-state index contributed by atoms with van der Waals surface area (Å²) in [6.45, 7) is 6.03. The van der Waals surface area contributed by atoms with Crippen LogP contribution in [0, 0.1) is 13.8 Å². The average molecular weight is 248 g/mol. The normalized spacial score (nSPS) is 10.8. The summed E-state index contributed by atoms with van der Waals surface area (Å²) in [6.07, 6.45) is 1.52. The Balaban J connectivity index is 2.28. The van der Waals surface area contributed by atoms with Crippen LogP contribution in [0.3, 0.4) is 0 Å². The Labute approximate surface area is 105 Å². The van der Waals surface area contributed by atoms with Crippen LogP contribution in [0.25, 0.3) is 0 Å². The van der Waals surface area contributed by atoms with Crippen LogP contribution in [0.2, 0.25) is 0 Å². The molecule has 0 unspecified atom stereocenters. The first-order valence-electron chi connectivity index (χ1n) is 5.63. The number of hydrogen-bond donors (Lipinski definition) is 1. The topological polar surface area (TPSA) is 64.7 Å². The van der Waals surface area contributed by atoms with Crippen molar-refractivity contribution in [2.24, 2.45) is 0 Å². The molecule has 2 aromatic heterocycles. The minimum atomic E-state index is 0.599. The van der Waals surface area contributed by atoms with E-state index in [1.54, 1.807) is 11.3 Å². The number of nitrogens with two attached hydrogens (primary N) is 1. The highest BCUT2D eigenvalue weighted by atomic mass is 32.1. The second-order valence-corrected chi connectivity index (χ2v) is 5.04. The predicted molar refractivity (Wildman–Crippen MR) is 70.2 cm³/mol. The van der Waals surface area contributed by atoms with Crippen molar-refractivity contribution in [2.45, 2.75) is 33.6 Å². The fourth-order valence-corrected chi connectivity index (χ4v) is 2.46. The molecule has 0 aliphatic heterocycles. The first-order valence-corrected chi connectivity index (χ1v) is 6.51. The number of hydrogen-bond acceptors (Lipinski definition) is 5. The Bertz CT molecular complexity index is 510. The number of aromatic nitrogens is 3. The standard InChI is InChI=1S/C12H16N4S/c1-4-10-7(2)14-11(16-12(10)13)5-9-6-17-8(3)15-9/h6H,4-5H2,1-3H3,(H2,13,14,16). The molecule has 0 aromatic carbocycles. The number of anilines is 1. The van der Waals surface area contributed by atoms with Crippen LogP contribution >= 0.6 is 11.3 Å². The van der Waals surface area contributed by atoms with Gasteiger partial charge in [-0.25, -0.2) is 15.0 Å². The maximum atomic E-state index is 5.92. The second-order valence-electron chi connectivity index (χ2n) is 3.98. The van der Waals surface area contributed by atoms with E-state index in [9.17, 15) is 0 Å². The molecule has 2 rings (SSSR count). The van der Waals surface area contributed by atoms with Crippen molar-refractivity contribution >= 4 is 17.2 Å². The first kappa shape index (κ1) is 12.0. The van der Waals surface area contributed by atoms with Crippen LogP contribution in [-0.4, -0.2) is 15.0 Å². The lowest BCUT2D eigenvalue weighted by Crippen LogP contribution is -2.07. The van der Waals surface area contributed by atoms with Gasteiger partial charge >= 0.3 is 0 Å². The van der Waals surface area contributed by atoms with Gasteiger partial charge in [-0.2, -0.15) is 0 Å². The number of nitrogens with zero attached hydrogens (tertiary/aromatic N) is 3. The van der Waals surface area contributed by atoms with Gasteiger partial charge in [0.05, 0.1) is 17.1 Å². The van der Waals surface area contributed by atoms with Gasteiger partial charge in [-0.3, -0.25) is 0 Å². The summed E-state index contributed by atoms with van der Waals surface area (Å²) in [6, 6.07) is 0. The highest BCUT2D eigenvalue weighted by molar-refractivity contribution is 7.09. The van der Waals surface area contributed by atoms with Gasteiger partial charge < -0.3 is 5.73 Å². The number of rotatable bonds is 3.